The maximum atomic E-state index is 12.1. The van der Waals surface area contributed by atoms with Crippen LogP contribution in [-0.4, -0.2) is 18.4 Å². The highest BCUT2D eigenvalue weighted by atomic mass is 16.7. The molecule has 0 saturated heterocycles. The van der Waals surface area contributed by atoms with Crippen LogP contribution < -0.4 is 10.4 Å². The second kappa shape index (κ2) is 7.85. The van der Waals surface area contributed by atoms with Gasteiger partial charge in [-0.05, 0) is 37.6 Å². The van der Waals surface area contributed by atoms with Gasteiger partial charge in [0.25, 0.3) is 0 Å². The van der Waals surface area contributed by atoms with E-state index in [1.165, 1.54) is 0 Å². The highest BCUT2D eigenvalue weighted by molar-refractivity contribution is 5.68. The van der Waals surface area contributed by atoms with Gasteiger partial charge >= 0.3 is 6.09 Å². The monoisotopic (exact) mass is 338 g/mol. The number of benzene rings is 2. The molecule has 3 rings (SSSR count). The van der Waals surface area contributed by atoms with Gasteiger partial charge in [0.1, 0.15) is 18.9 Å². The summed E-state index contributed by atoms with van der Waals surface area (Å²) in [5.41, 5.74) is 2.98. The van der Waals surface area contributed by atoms with Crippen molar-refractivity contribution in [3.05, 3.63) is 77.9 Å². The van der Waals surface area contributed by atoms with Crippen LogP contribution in [0.5, 0.6) is 0 Å². The quantitative estimate of drug-likeness (QED) is 0.858. The molecule has 0 fully saturated rings. The number of hydrogen-bond donors (Lipinski definition) is 1. The second-order valence-electron chi connectivity index (χ2n) is 6.01. The average Bonchev–Trinajstić information content (AvgIpc) is 2.63. The van der Waals surface area contributed by atoms with Crippen molar-refractivity contribution in [3.8, 4) is 0 Å². The van der Waals surface area contributed by atoms with Gasteiger partial charge < -0.3 is 4.74 Å². The van der Waals surface area contributed by atoms with Crippen molar-refractivity contribution >= 4 is 11.8 Å². The minimum absolute atomic E-state index is 0.0697. The van der Waals surface area contributed by atoms with Crippen LogP contribution in [0.15, 0.2) is 66.7 Å². The topological polar surface area (TPSA) is 50.8 Å². The van der Waals surface area contributed by atoms with Crippen LogP contribution in [0.2, 0.25) is 0 Å². The van der Waals surface area contributed by atoms with Crippen LogP contribution in [0.4, 0.5) is 10.5 Å². The van der Waals surface area contributed by atoms with E-state index in [-0.39, 0.29) is 12.7 Å². The SMILES string of the molecule is Cc1ccc(N2O[C@@H](C)C=C[C@H]2NC(=O)OCc2ccccc2)cc1. The molecular formula is C20H22N2O3. The summed E-state index contributed by atoms with van der Waals surface area (Å²) >= 11 is 0. The van der Waals surface area contributed by atoms with Crippen molar-refractivity contribution in [2.24, 2.45) is 0 Å². The van der Waals surface area contributed by atoms with E-state index >= 15 is 0 Å². The second-order valence-corrected chi connectivity index (χ2v) is 6.01. The highest BCUT2D eigenvalue weighted by Gasteiger charge is 2.25. The molecule has 2 aromatic rings. The van der Waals surface area contributed by atoms with Crippen molar-refractivity contribution in [3.63, 3.8) is 0 Å². The van der Waals surface area contributed by atoms with E-state index in [4.69, 9.17) is 9.57 Å². The Bertz CT molecular complexity index is 728. The number of hydroxylamine groups is 1. The van der Waals surface area contributed by atoms with Gasteiger partial charge in [-0.3, -0.25) is 10.2 Å². The smallest absolute Gasteiger partial charge is 0.409 e. The maximum Gasteiger partial charge on any atom is 0.409 e. The molecule has 0 bridgehead atoms. The number of anilines is 1. The number of aryl methyl sites for hydroxylation is 1. The molecule has 1 amide bonds. The Morgan fingerprint density at radius 3 is 2.56 bits per heavy atom. The summed E-state index contributed by atoms with van der Waals surface area (Å²) in [6, 6.07) is 17.5. The van der Waals surface area contributed by atoms with Gasteiger partial charge in [0.15, 0.2) is 0 Å². The molecule has 1 aliphatic rings. The molecule has 1 aliphatic heterocycles. The number of nitrogens with one attached hydrogen (secondary N) is 1. The number of hydrogen-bond acceptors (Lipinski definition) is 4. The van der Waals surface area contributed by atoms with Crippen molar-refractivity contribution in [2.45, 2.75) is 32.7 Å². The molecule has 130 valence electrons. The standard InChI is InChI=1S/C20H22N2O3/c1-15-8-11-18(12-9-15)22-19(13-10-16(2)25-22)21-20(23)24-14-17-6-4-3-5-7-17/h3-13,16,19H,14H2,1-2H3,(H,21,23)/t16-,19-/m0/s1. The lowest BCUT2D eigenvalue weighted by molar-refractivity contribution is 0.0430. The van der Waals surface area contributed by atoms with Gasteiger partial charge in [0.2, 0.25) is 0 Å². The van der Waals surface area contributed by atoms with Crippen LogP contribution >= 0.6 is 0 Å². The molecule has 0 spiro atoms. The van der Waals surface area contributed by atoms with E-state index < -0.39 is 12.3 Å². The molecule has 1 heterocycles. The third-order valence-electron chi connectivity index (χ3n) is 3.86. The Morgan fingerprint density at radius 1 is 1.12 bits per heavy atom. The number of alkyl carbamates (subject to hydrolysis) is 1. The molecule has 0 aromatic heterocycles. The Morgan fingerprint density at radius 2 is 1.84 bits per heavy atom. The predicted molar refractivity (Wildman–Crippen MR) is 96.9 cm³/mol. The zero-order chi connectivity index (χ0) is 17.6. The van der Waals surface area contributed by atoms with Crippen LogP contribution in [0.3, 0.4) is 0 Å². The lowest BCUT2D eigenvalue weighted by Crippen LogP contribution is -2.50. The minimum atomic E-state index is -0.492. The number of amides is 1. The number of carbonyl (C=O) groups excluding carboxylic acids is 1. The van der Waals surface area contributed by atoms with Gasteiger partial charge in [-0.25, -0.2) is 9.86 Å². The Kier molecular flexibility index (Phi) is 5.36. The summed E-state index contributed by atoms with van der Waals surface area (Å²) in [5, 5.41) is 4.51. The van der Waals surface area contributed by atoms with Crippen LogP contribution in [-0.2, 0) is 16.2 Å². The first-order valence-corrected chi connectivity index (χ1v) is 8.30. The van der Waals surface area contributed by atoms with Crippen molar-refractivity contribution in [2.75, 3.05) is 5.06 Å². The van der Waals surface area contributed by atoms with Gasteiger partial charge in [0, 0.05) is 0 Å². The Balaban J connectivity index is 1.64. The van der Waals surface area contributed by atoms with E-state index in [9.17, 15) is 4.79 Å². The summed E-state index contributed by atoms with van der Waals surface area (Å²) in [4.78, 5) is 18.0. The molecule has 2 atom stereocenters. The first-order valence-electron chi connectivity index (χ1n) is 8.30. The van der Waals surface area contributed by atoms with Gasteiger partial charge in [-0.1, -0.05) is 54.1 Å². The molecule has 0 aliphatic carbocycles. The number of nitrogens with zero attached hydrogens (tertiary/aromatic N) is 1. The zero-order valence-electron chi connectivity index (χ0n) is 14.4. The third-order valence-corrected chi connectivity index (χ3v) is 3.86. The van der Waals surface area contributed by atoms with E-state index in [0.717, 1.165) is 16.8 Å². The lowest BCUT2D eigenvalue weighted by atomic mass is 10.2. The molecule has 5 heteroatoms. The predicted octanol–water partition coefficient (Wildman–Crippen LogP) is 3.94. The lowest BCUT2D eigenvalue weighted by Gasteiger charge is -2.35. The summed E-state index contributed by atoms with van der Waals surface area (Å²) in [6.07, 6.45) is 2.82. The molecule has 1 N–H and O–H groups in total. The van der Waals surface area contributed by atoms with Crippen LogP contribution in [0.25, 0.3) is 0 Å². The molecular weight excluding hydrogens is 316 g/mol. The largest absolute Gasteiger partial charge is 0.445 e. The van der Waals surface area contributed by atoms with Crippen molar-refractivity contribution in [1.29, 1.82) is 0 Å². The van der Waals surface area contributed by atoms with E-state index in [0.29, 0.717) is 0 Å². The summed E-state index contributed by atoms with van der Waals surface area (Å²) in [5.74, 6) is 0. The summed E-state index contributed by atoms with van der Waals surface area (Å²) < 4.78 is 5.29. The minimum Gasteiger partial charge on any atom is -0.445 e. The van der Waals surface area contributed by atoms with Crippen molar-refractivity contribution in [1.82, 2.24) is 5.32 Å². The van der Waals surface area contributed by atoms with Gasteiger partial charge in [-0.2, -0.15) is 0 Å². The highest BCUT2D eigenvalue weighted by Crippen LogP contribution is 2.22. The number of rotatable bonds is 4. The van der Waals surface area contributed by atoms with Gasteiger partial charge in [-0.15, -0.1) is 0 Å². The van der Waals surface area contributed by atoms with E-state index in [1.54, 1.807) is 5.06 Å². The van der Waals surface area contributed by atoms with Crippen LogP contribution in [0, 0.1) is 6.92 Å². The molecule has 0 saturated carbocycles. The normalized spacial score (nSPS) is 19.5. The Hall–Kier alpha value is -2.79. The zero-order valence-corrected chi connectivity index (χ0v) is 14.4. The molecule has 0 unspecified atom stereocenters. The summed E-state index contributed by atoms with van der Waals surface area (Å²) in [6.45, 7) is 4.20. The molecule has 0 radical (unpaired) electrons. The third kappa shape index (κ3) is 4.61. The first-order chi connectivity index (χ1) is 12.1. The molecule has 25 heavy (non-hydrogen) atoms. The van der Waals surface area contributed by atoms with E-state index in [2.05, 4.69) is 5.32 Å². The Labute approximate surface area is 147 Å². The fourth-order valence-electron chi connectivity index (χ4n) is 2.53. The first kappa shape index (κ1) is 17.0. The molecule has 2 aromatic carbocycles. The fraction of sp³-hybridized carbons (Fsp3) is 0.250. The van der Waals surface area contributed by atoms with Crippen molar-refractivity contribution < 1.29 is 14.4 Å². The summed E-state index contributed by atoms with van der Waals surface area (Å²) in [7, 11) is 0. The van der Waals surface area contributed by atoms with Crippen LogP contribution in [0.1, 0.15) is 18.1 Å². The maximum absolute atomic E-state index is 12.1. The fourth-order valence-corrected chi connectivity index (χ4v) is 2.53. The number of carbonyl (C=O) groups is 1. The van der Waals surface area contributed by atoms with E-state index in [1.807, 2.05) is 80.6 Å². The average molecular weight is 338 g/mol. The molecule has 5 nitrogen and oxygen atoms in total. The van der Waals surface area contributed by atoms with Gasteiger partial charge in [0.05, 0.1) is 5.69 Å². The number of ether oxygens (including phenoxy) is 1.